The van der Waals surface area contributed by atoms with Gasteiger partial charge in [-0.25, -0.2) is 4.79 Å². The van der Waals surface area contributed by atoms with E-state index in [0.717, 1.165) is 6.21 Å². The Morgan fingerprint density at radius 2 is 1.72 bits per heavy atom. The van der Waals surface area contributed by atoms with E-state index in [1.54, 1.807) is 48.5 Å². The van der Waals surface area contributed by atoms with Crippen LogP contribution in [-0.4, -0.2) is 29.7 Å². The van der Waals surface area contributed by atoms with E-state index < -0.39 is 5.97 Å². The number of nitrogens with two attached hydrogens (primary N) is 2. The van der Waals surface area contributed by atoms with Gasteiger partial charge in [0.15, 0.2) is 6.61 Å². The molecular formula is C18H17N3O4. The normalized spacial score (nSPS) is 11.4. The maximum atomic E-state index is 12.3. The van der Waals surface area contributed by atoms with E-state index >= 15 is 0 Å². The Morgan fingerprint density at radius 3 is 2.36 bits per heavy atom. The van der Waals surface area contributed by atoms with Gasteiger partial charge in [-0.2, -0.15) is 5.10 Å². The molecule has 0 saturated carbocycles. The third-order valence-corrected chi connectivity index (χ3v) is 3.35. The minimum atomic E-state index is -1.17. The van der Waals surface area contributed by atoms with E-state index in [2.05, 4.69) is 5.10 Å². The van der Waals surface area contributed by atoms with Crippen LogP contribution in [0.1, 0.15) is 15.9 Å². The SMILES string of the molecule is NN=CC=C(C(=O)O)c1ccccc1OCC(=O)c1ccccc1N. The average Bonchev–Trinajstić information content (AvgIpc) is 2.61. The van der Waals surface area contributed by atoms with Crippen LogP contribution in [0.4, 0.5) is 5.69 Å². The van der Waals surface area contributed by atoms with Gasteiger partial charge in [0.05, 0.1) is 5.57 Å². The Kier molecular flexibility index (Phi) is 5.89. The monoisotopic (exact) mass is 339 g/mol. The number of allylic oxidation sites excluding steroid dienone is 1. The van der Waals surface area contributed by atoms with Gasteiger partial charge in [-0.3, -0.25) is 4.79 Å². The summed E-state index contributed by atoms with van der Waals surface area (Å²) in [6.45, 7) is -0.275. The van der Waals surface area contributed by atoms with Crippen LogP contribution in [0.2, 0.25) is 0 Å². The quantitative estimate of drug-likeness (QED) is 0.177. The molecule has 0 aliphatic rings. The van der Waals surface area contributed by atoms with Crippen molar-refractivity contribution in [1.29, 1.82) is 0 Å². The highest BCUT2D eigenvalue weighted by atomic mass is 16.5. The molecule has 0 radical (unpaired) electrons. The Bertz CT molecular complexity index is 844. The average molecular weight is 339 g/mol. The van der Waals surface area contributed by atoms with Gasteiger partial charge < -0.3 is 21.4 Å². The number of ketones is 1. The number of hydrogen-bond acceptors (Lipinski definition) is 6. The first-order valence-corrected chi connectivity index (χ1v) is 7.31. The highest BCUT2D eigenvalue weighted by molar-refractivity contribution is 6.19. The number of aliphatic carboxylic acids is 1. The summed E-state index contributed by atoms with van der Waals surface area (Å²) in [7, 11) is 0. The Hall–Kier alpha value is -3.61. The third kappa shape index (κ3) is 4.44. The van der Waals surface area contributed by atoms with Crippen molar-refractivity contribution in [2.45, 2.75) is 0 Å². The molecule has 0 unspecified atom stereocenters. The lowest BCUT2D eigenvalue weighted by molar-refractivity contribution is -0.130. The molecule has 2 rings (SSSR count). The number of para-hydroxylation sites is 2. The van der Waals surface area contributed by atoms with Crippen molar-refractivity contribution in [3.63, 3.8) is 0 Å². The number of anilines is 1. The maximum Gasteiger partial charge on any atom is 0.336 e. The van der Waals surface area contributed by atoms with Gasteiger partial charge in [-0.15, -0.1) is 0 Å². The predicted molar refractivity (Wildman–Crippen MR) is 95.4 cm³/mol. The Balaban J connectivity index is 2.25. The first-order valence-electron chi connectivity index (χ1n) is 7.31. The number of carboxylic acids is 1. The molecule has 7 heteroatoms. The van der Waals surface area contributed by atoms with Gasteiger partial charge in [0, 0.05) is 23.0 Å². The first-order chi connectivity index (χ1) is 12.0. The van der Waals surface area contributed by atoms with E-state index in [-0.39, 0.29) is 23.7 Å². The van der Waals surface area contributed by atoms with Crippen molar-refractivity contribution < 1.29 is 19.4 Å². The summed E-state index contributed by atoms with van der Waals surface area (Å²) < 4.78 is 5.53. The summed E-state index contributed by atoms with van der Waals surface area (Å²) in [5.74, 6) is 3.79. The number of hydrogen-bond donors (Lipinski definition) is 3. The molecule has 0 atom stereocenters. The number of nitrogen functional groups attached to an aromatic ring is 1. The number of hydrazone groups is 1. The fourth-order valence-corrected chi connectivity index (χ4v) is 2.18. The minimum Gasteiger partial charge on any atom is -0.485 e. The number of carbonyl (C=O) groups is 2. The highest BCUT2D eigenvalue weighted by Gasteiger charge is 2.16. The molecule has 0 fully saturated rings. The highest BCUT2D eigenvalue weighted by Crippen LogP contribution is 2.26. The summed E-state index contributed by atoms with van der Waals surface area (Å²) in [4.78, 5) is 23.7. The lowest BCUT2D eigenvalue weighted by Crippen LogP contribution is -2.14. The zero-order valence-corrected chi connectivity index (χ0v) is 13.3. The van der Waals surface area contributed by atoms with E-state index in [4.69, 9.17) is 16.3 Å². The van der Waals surface area contributed by atoms with E-state index in [1.807, 2.05) is 0 Å². The number of carbonyl (C=O) groups excluding carboxylic acids is 1. The van der Waals surface area contributed by atoms with Crippen molar-refractivity contribution in [2.24, 2.45) is 10.9 Å². The van der Waals surface area contributed by atoms with Gasteiger partial charge in [0.2, 0.25) is 5.78 Å². The molecule has 0 heterocycles. The number of benzene rings is 2. The minimum absolute atomic E-state index is 0.0588. The van der Waals surface area contributed by atoms with Crippen LogP contribution in [-0.2, 0) is 4.79 Å². The standard InChI is InChI=1S/C18H17N3O4/c19-15-7-3-1-6-14(15)16(22)11-25-17-8-4-2-5-12(17)13(18(23)24)9-10-21-20/h1-10H,11,19-20H2,(H,23,24). The summed E-state index contributed by atoms with van der Waals surface area (Å²) >= 11 is 0. The molecule has 25 heavy (non-hydrogen) atoms. The van der Waals surface area contributed by atoms with Crippen molar-refractivity contribution >= 4 is 29.2 Å². The number of ether oxygens (including phenoxy) is 1. The van der Waals surface area contributed by atoms with E-state index in [1.165, 1.54) is 6.08 Å². The van der Waals surface area contributed by atoms with Gasteiger partial charge in [-0.1, -0.05) is 30.3 Å². The largest absolute Gasteiger partial charge is 0.485 e. The summed E-state index contributed by atoms with van der Waals surface area (Å²) in [5.41, 5.74) is 6.73. The second kappa shape index (κ2) is 8.30. The number of carboxylic acid groups (broad SMARTS) is 1. The van der Waals surface area contributed by atoms with Gasteiger partial charge >= 0.3 is 5.97 Å². The molecule has 7 nitrogen and oxygen atoms in total. The molecule has 128 valence electrons. The molecule has 0 aliphatic heterocycles. The topological polar surface area (TPSA) is 128 Å². The van der Waals surface area contributed by atoms with Crippen LogP contribution in [0, 0.1) is 0 Å². The molecule has 0 aromatic heterocycles. The lowest BCUT2D eigenvalue weighted by Gasteiger charge is -2.12. The molecule has 2 aromatic carbocycles. The fourth-order valence-electron chi connectivity index (χ4n) is 2.18. The summed E-state index contributed by atoms with van der Waals surface area (Å²) in [5, 5.41) is 12.6. The van der Waals surface area contributed by atoms with Crippen LogP contribution in [0.25, 0.3) is 5.57 Å². The zero-order chi connectivity index (χ0) is 18.2. The smallest absolute Gasteiger partial charge is 0.336 e. The summed E-state index contributed by atoms with van der Waals surface area (Å²) in [6.07, 6.45) is 2.41. The predicted octanol–water partition coefficient (Wildman–Crippen LogP) is 1.94. The maximum absolute atomic E-state index is 12.3. The van der Waals surface area contributed by atoms with E-state index in [0.29, 0.717) is 16.8 Å². The van der Waals surface area contributed by atoms with Gasteiger partial charge in [-0.05, 0) is 24.3 Å². The van der Waals surface area contributed by atoms with Crippen LogP contribution >= 0.6 is 0 Å². The van der Waals surface area contributed by atoms with Gasteiger partial charge in [0.25, 0.3) is 0 Å². The van der Waals surface area contributed by atoms with Crippen LogP contribution in [0.15, 0.2) is 59.7 Å². The van der Waals surface area contributed by atoms with Gasteiger partial charge in [0.1, 0.15) is 5.75 Å². The molecule has 0 saturated heterocycles. The van der Waals surface area contributed by atoms with Crippen molar-refractivity contribution in [1.82, 2.24) is 0 Å². The number of rotatable bonds is 7. The third-order valence-electron chi connectivity index (χ3n) is 3.35. The number of Topliss-reactive ketones (excluding diaryl/α,β-unsaturated/α-hetero) is 1. The molecule has 0 amide bonds. The number of nitrogens with zero attached hydrogens (tertiary/aromatic N) is 1. The molecule has 5 N–H and O–H groups in total. The van der Waals surface area contributed by atoms with E-state index in [9.17, 15) is 14.7 Å². The zero-order valence-electron chi connectivity index (χ0n) is 13.3. The Morgan fingerprint density at radius 1 is 1.08 bits per heavy atom. The summed E-state index contributed by atoms with van der Waals surface area (Å²) in [6, 6.07) is 13.1. The second-order valence-corrected chi connectivity index (χ2v) is 4.98. The van der Waals surface area contributed by atoms with Crippen LogP contribution in [0.5, 0.6) is 5.75 Å². The molecule has 0 spiro atoms. The van der Waals surface area contributed by atoms with Crippen molar-refractivity contribution in [2.75, 3.05) is 12.3 Å². The van der Waals surface area contributed by atoms with Crippen molar-refractivity contribution in [3.8, 4) is 5.75 Å². The molecule has 0 bridgehead atoms. The first kappa shape index (κ1) is 17.7. The lowest BCUT2D eigenvalue weighted by atomic mass is 10.0. The Labute approximate surface area is 144 Å². The molecular weight excluding hydrogens is 322 g/mol. The molecule has 0 aliphatic carbocycles. The van der Waals surface area contributed by atoms with Crippen molar-refractivity contribution in [3.05, 3.63) is 65.7 Å². The molecule has 2 aromatic rings. The second-order valence-electron chi connectivity index (χ2n) is 4.98. The van der Waals surface area contributed by atoms with Crippen LogP contribution in [0.3, 0.4) is 0 Å². The van der Waals surface area contributed by atoms with Crippen LogP contribution < -0.4 is 16.3 Å². The fraction of sp³-hybridized carbons (Fsp3) is 0.0556.